The van der Waals surface area contributed by atoms with Crippen molar-refractivity contribution < 1.29 is 14.4 Å². The van der Waals surface area contributed by atoms with E-state index >= 15 is 0 Å². The first kappa shape index (κ1) is 17.0. The number of rotatable bonds is 7. The minimum atomic E-state index is -0.0911. The first-order valence-electron chi connectivity index (χ1n) is 8.23. The molecule has 1 atom stereocenters. The normalized spacial score (nSPS) is 19.0. The Morgan fingerprint density at radius 2 is 2.25 bits per heavy atom. The van der Waals surface area contributed by atoms with E-state index in [0.717, 1.165) is 31.8 Å². The maximum Gasteiger partial charge on any atom is 0.240 e. The fraction of sp³-hybridized carbons (Fsp3) is 0.733. The topological polar surface area (TPSA) is 102 Å². The van der Waals surface area contributed by atoms with Crippen LogP contribution in [0.2, 0.25) is 0 Å². The molecule has 9 nitrogen and oxygen atoms in total. The number of ether oxygens (including phenoxy) is 1. The number of hydrogen-bond donors (Lipinski definition) is 1. The molecule has 1 fully saturated rings. The van der Waals surface area contributed by atoms with Gasteiger partial charge in [-0.3, -0.25) is 4.90 Å². The van der Waals surface area contributed by atoms with Crippen molar-refractivity contribution in [3.8, 4) is 0 Å². The molecule has 2 aromatic heterocycles. The molecular weight excluding hydrogens is 312 g/mol. The molecule has 0 saturated carbocycles. The van der Waals surface area contributed by atoms with E-state index in [1.54, 1.807) is 7.11 Å². The highest BCUT2D eigenvalue weighted by Gasteiger charge is 2.26. The van der Waals surface area contributed by atoms with E-state index in [-0.39, 0.29) is 6.61 Å². The van der Waals surface area contributed by atoms with Gasteiger partial charge >= 0.3 is 0 Å². The molecule has 0 bridgehead atoms. The van der Waals surface area contributed by atoms with Gasteiger partial charge in [-0.05, 0) is 19.4 Å². The summed E-state index contributed by atoms with van der Waals surface area (Å²) in [6.45, 7) is 3.00. The lowest BCUT2D eigenvalue weighted by atomic mass is 9.97. The average molecular weight is 336 g/mol. The fourth-order valence-electron chi connectivity index (χ4n) is 3.12. The van der Waals surface area contributed by atoms with Gasteiger partial charge in [-0.2, -0.15) is 4.98 Å². The van der Waals surface area contributed by atoms with Crippen LogP contribution in [0.4, 0.5) is 0 Å². The van der Waals surface area contributed by atoms with Crippen LogP contribution < -0.4 is 0 Å². The fourth-order valence-corrected chi connectivity index (χ4v) is 3.12. The highest BCUT2D eigenvalue weighted by Crippen LogP contribution is 2.26. The monoisotopic (exact) mass is 336 g/mol. The summed E-state index contributed by atoms with van der Waals surface area (Å²) in [5, 5.41) is 21.5. The molecule has 2 aromatic rings. The summed E-state index contributed by atoms with van der Waals surface area (Å²) in [6.07, 6.45) is 2.80. The number of methoxy groups -OCH3 is 1. The minimum Gasteiger partial charge on any atom is -0.388 e. The average Bonchev–Trinajstić information content (AvgIpc) is 3.19. The molecule has 1 N–H and O–H groups in total. The first-order chi connectivity index (χ1) is 11.7. The lowest BCUT2D eigenvalue weighted by Crippen LogP contribution is -2.35. The smallest absolute Gasteiger partial charge is 0.240 e. The van der Waals surface area contributed by atoms with Crippen LogP contribution in [-0.4, -0.2) is 61.7 Å². The van der Waals surface area contributed by atoms with Gasteiger partial charge in [0.2, 0.25) is 5.89 Å². The largest absolute Gasteiger partial charge is 0.388 e. The van der Waals surface area contributed by atoms with Crippen LogP contribution in [0.5, 0.6) is 0 Å². The molecule has 3 rings (SSSR count). The number of nitrogens with zero attached hydrogens (tertiary/aromatic N) is 6. The molecule has 9 heteroatoms. The number of hydrogen-bond acceptors (Lipinski definition) is 8. The van der Waals surface area contributed by atoms with Gasteiger partial charge in [0.15, 0.2) is 11.6 Å². The molecule has 0 aromatic carbocycles. The summed E-state index contributed by atoms with van der Waals surface area (Å²) >= 11 is 0. The Hall–Kier alpha value is -1.84. The molecule has 1 aliphatic heterocycles. The Morgan fingerprint density at radius 3 is 3.00 bits per heavy atom. The Balaban J connectivity index is 1.61. The first-order valence-corrected chi connectivity index (χ1v) is 8.23. The maximum absolute atomic E-state index is 9.27. The number of piperidine rings is 1. The summed E-state index contributed by atoms with van der Waals surface area (Å²) in [5.41, 5.74) is 0. The van der Waals surface area contributed by atoms with E-state index < -0.39 is 0 Å². The molecule has 132 valence electrons. The van der Waals surface area contributed by atoms with Crippen molar-refractivity contribution in [2.45, 2.75) is 38.3 Å². The highest BCUT2D eigenvalue weighted by molar-refractivity contribution is 5.03. The molecule has 1 aliphatic rings. The van der Waals surface area contributed by atoms with Gasteiger partial charge in [0.1, 0.15) is 12.4 Å². The van der Waals surface area contributed by atoms with Crippen molar-refractivity contribution in [3.63, 3.8) is 0 Å². The zero-order valence-corrected chi connectivity index (χ0v) is 14.2. The summed E-state index contributed by atoms with van der Waals surface area (Å²) < 4.78 is 12.2. The predicted octanol–water partition coefficient (Wildman–Crippen LogP) is 0.259. The van der Waals surface area contributed by atoms with Crippen LogP contribution >= 0.6 is 0 Å². The van der Waals surface area contributed by atoms with Gasteiger partial charge in [-0.1, -0.05) is 5.16 Å². The number of aliphatic hydroxyl groups excluding tert-OH is 1. The number of aliphatic hydroxyl groups is 1. The summed E-state index contributed by atoms with van der Waals surface area (Å²) in [7, 11) is 3.56. The number of likely N-dealkylation sites (tertiary alicyclic amines) is 1. The molecule has 0 aliphatic carbocycles. The Bertz CT molecular complexity index is 655. The van der Waals surface area contributed by atoms with E-state index in [1.165, 1.54) is 0 Å². The molecule has 0 spiro atoms. The van der Waals surface area contributed by atoms with Gasteiger partial charge in [0, 0.05) is 33.0 Å². The third kappa shape index (κ3) is 3.80. The standard InChI is InChI=1S/C15H24N6O3/c1-20-13(10-22)17-18-15(20)11-4-3-6-21(8-11)9-14-16-12(19-24-14)5-7-23-2/h11,22H,3-10H2,1-2H3. The lowest BCUT2D eigenvalue weighted by molar-refractivity contribution is 0.172. The maximum atomic E-state index is 9.27. The van der Waals surface area contributed by atoms with Gasteiger partial charge in [-0.25, -0.2) is 0 Å². The second kappa shape index (κ2) is 7.82. The van der Waals surface area contributed by atoms with E-state index in [4.69, 9.17) is 9.26 Å². The van der Waals surface area contributed by atoms with Crippen LogP contribution in [0.1, 0.15) is 42.1 Å². The molecule has 3 heterocycles. The van der Waals surface area contributed by atoms with E-state index in [1.807, 2.05) is 11.6 Å². The zero-order valence-electron chi connectivity index (χ0n) is 14.2. The van der Waals surface area contributed by atoms with Crippen LogP contribution in [0.25, 0.3) is 0 Å². The van der Waals surface area contributed by atoms with Gasteiger partial charge in [0.05, 0.1) is 13.2 Å². The Morgan fingerprint density at radius 1 is 1.38 bits per heavy atom. The molecule has 0 radical (unpaired) electrons. The van der Waals surface area contributed by atoms with Gasteiger partial charge < -0.3 is 18.9 Å². The third-order valence-corrected chi connectivity index (χ3v) is 4.41. The second-order valence-electron chi connectivity index (χ2n) is 6.11. The predicted molar refractivity (Wildman–Crippen MR) is 84.1 cm³/mol. The summed E-state index contributed by atoms with van der Waals surface area (Å²) in [5.74, 6) is 3.14. The third-order valence-electron chi connectivity index (χ3n) is 4.41. The molecular formula is C15H24N6O3. The van der Waals surface area contributed by atoms with E-state index in [9.17, 15) is 5.11 Å². The highest BCUT2D eigenvalue weighted by atomic mass is 16.5. The van der Waals surface area contributed by atoms with Crippen molar-refractivity contribution in [3.05, 3.63) is 23.4 Å². The van der Waals surface area contributed by atoms with Crippen LogP contribution in [-0.2, 0) is 31.4 Å². The zero-order chi connectivity index (χ0) is 16.9. The van der Waals surface area contributed by atoms with E-state index in [2.05, 4.69) is 25.2 Å². The molecule has 1 saturated heterocycles. The van der Waals surface area contributed by atoms with Crippen molar-refractivity contribution in [2.75, 3.05) is 26.8 Å². The van der Waals surface area contributed by atoms with E-state index in [0.29, 0.717) is 43.0 Å². The van der Waals surface area contributed by atoms with Crippen LogP contribution in [0.3, 0.4) is 0 Å². The Kier molecular flexibility index (Phi) is 5.54. The quantitative estimate of drug-likeness (QED) is 0.768. The van der Waals surface area contributed by atoms with Crippen LogP contribution in [0, 0.1) is 0 Å². The molecule has 24 heavy (non-hydrogen) atoms. The van der Waals surface area contributed by atoms with Gasteiger partial charge in [0.25, 0.3) is 0 Å². The van der Waals surface area contributed by atoms with Crippen LogP contribution in [0.15, 0.2) is 4.52 Å². The Labute approximate surface area is 140 Å². The van der Waals surface area contributed by atoms with Gasteiger partial charge in [-0.15, -0.1) is 10.2 Å². The van der Waals surface area contributed by atoms with Crippen molar-refractivity contribution in [1.29, 1.82) is 0 Å². The van der Waals surface area contributed by atoms with Crippen molar-refractivity contribution in [1.82, 2.24) is 29.8 Å². The van der Waals surface area contributed by atoms with Crippen molar-refractivity contribution in [2.24, 2.45) is 7.05 Å². The molecule has 0 amide bonds. The molecule has 1 unspecified atom stereocenters. The summed E-state index contributed by atoms with van der Waals surface area (Å²) in [4.78, 5) is 6.71. The minimum absolute atomic E-state index is 0.0911. The second-order valence-corrected chi connectivity index (χ2v) is 6.11. The lowest BCUT2D eigenvalue weighted by Gasteiger charge is -2.31. The SMILES string of the molecule is COCCc1noc(CN2CCCC(c3nnc(CO)n3C)C2)n1. The summed E-state index contributed by atoms with van der Waals surface area (Å²) in [6, 6.07) is 0. The number of aromatic nitrogens is 5. The van der Waals surface area contributed by atoms with Crippen molar-refractivity contribution >= 4 is 0 Å².